The first kappa shape index (κ1) is 4.95. The molecule has 26 valence electrons. The van der Waals surface area contributed by atoms with E-state index in [-0.39, 0.29) is 0 Å². The summed E-state index contributed by atoms with van der Waals surface area (Å²) in [4.78, 5) is 0.616. The largest absolute Gasteiger partial charge is 0.432 e. The van der Waals surface area contributed by atoms with Gasteiger partial charge in [-0.1, -0.05) is 12.2 Å². The third-order valence-electron chi connectivity index (χ3n) is 0.203. The Labute approximate surface area is 38.2 Å². The number of rotatable bonds is 0. The van der Waals surface area contributed by atoms with Crippen LogP contribution in [0.5, 0.6) is 0 Å². The molecule has 0 saturated carbocycles. The second-order valence-electron chi connectivity index (χ2n) is 0.701. The van der Waals surface area contributed by atoms with Crippen molar-refractivity contribution in [2.24, 2.45) is 0 Å². The Bertz CT molecular complexity index is 44.9. The molecule has 2 radical (unpaired) electrons. The van der Waals surface area contributed by atoms with E-state index >= 15 is 0 Å². The van der Waals surface area contributed by atoms with Gasteiger partial charge in [0.2, 0.25) is 7.98 Å². The Morgan fingerprint density at radius 1 is 2.00 bits per heavy atom. The number of hydrogen-bond donors (Lipinski definition) is 1. The molecule has 0 fully saturated rings. The van der Waals surface area contributed by atoms with Crippen LogP contribution in [-0.2, 0) is 0 Å². The molecule has 0 saturated heterocycles. The standard InChI is InChI=1S/C2H4BNS/c1-2(5)4-3/h1H3,(H,4,5). The van der Waals surface area contributed by atoms with Crippen LogP contribution in [0.1, 0.15) is 6.92 Å². The smallest absolute Gasteiger partial charge is 0.223 e. The number of nitrogens with one attached hydrogen (secondary N) is 1. The molecule has 1 N–H and O–H groups in total. The van der Waals surface area contributed by atoms with Gasteiger partial charge in [-0.15, -0.1) is 0 Å². The fourth-order valence-corrected chi connectivity index (χ4v) is 0. The average molecular weight is 84.9 g/mol. The first-order valence-corrected chi connectivity index (χ1v) is 1.65. The second-order valence-corrected chi connectivity index (χ2v) is 1.31. The summed E-state index contributed by atoms with van der Waals surface area (Å²) in [6.07, 6.45) is 0. The predicted molar refractivity (Wildman–Crippen MR) is 27.2 cm³/mol. The highest BCUT2D eigenvalue weighted by molar-refractivity contribution is 7.80. The van der Waals surface area contributed by atoms with Crippen LogP contribution >= 0.6 is 12.2 Å². The molecule has 0 unspecified atom stereocenters. The van der Waals surface area contributed by atoms with Crippen LogP contribution in [0.2, 0.25) is 0 Å². The fraction of sp³-hybridized carbons (Fsp3) is 0.500. The first-order valence-electron chi connectivity index (χ1n) is 1.24. The molecule has 0 amide bonds. The monoisotopic (exact) mass is 85.0 g/mol. The normalized spacial score (nSPS) is 6.60. The maximum atomic E-state index is 4.78. The van der Waals surface area contributed by atoms with Gasteiger partial charge in [0.15, 0.2) is 0 Å². The van der Waals surface area contributed by atoms with Gasteiger partial charge in [-0.2, -0.15) is 0 Å². The minimum Gasteiger partial charge on any atom is -0.432 e. The van der Waals surface area contributed by atoms with Crippen LogP contribution in [0, 0.1) is 0 Å². The Balaban J connectivity index is 2.85. The maximum Gasteiger partial charge on any atom is 0.223 e. The quantitative estimate of drug-likeness (QED) is 0.328. The molecule has 0 spiro atoms. The SMILES string of the molecule is [B]NC(C)=S. The second kappa shape index (κ2) is 2.21. The van der Waals surface area contributed by atoms with Crippen molar-refractivity contribution in [3.05, 3.63) is 0 Å². The van der Waals surface area contributed by atoms with E-state index in [1.54, 1.807) is 6.92 Å². The van der Waals surface area contributed by atoms with Gasteiger partial charge in [0.05, 0.1) is 4.99 Å². The van der Waals surface area contributed by atoms with Gasteiger partial charge in [0, 0.05) is 0 Å². The summed E-state index contributed by atoms with van der Waals surface area (Å²) in [5.41, 5.74) is 0. The van der Waals surface area contributed by atoms with Crippen LogP contribution in [0.3, 0.4) is 0 Å². The summed E-state index contributed by atoms with van der Waals surface area (Å²) < 4.78 is 0. The van der Waals surface area contributed by atoms with E-state index in [1.165, 1.54) is 0 Å². The molecular formula is C2H4BNS. The summed E-state index contributed by atoms with van der Waals surface area (Å²) in [7, 11) is 4.78. The zero-order chi connectivity index (χ0) is 4.28. The van der Waals surface area contributed by atoms with Gasteiger partial charge in [0.1, 0.15) is 0 Å². The highest BCUT2D eigenvalue weighted by atomic mass is 32.1. The Hall–Kier alpha value is -0.0451. The van der Waals surface area contributed by atoms with Crippen LogP contribution < -0.4 is 5.23 Å². The molecule has 0 bridgehead atoms. The van der Waals surface area contributed by atoms with Crippen molar-refractivity contribution in [2.75, 3.05) is 0 Å². The van der Waals surface area contributed by atoms with Crippen LogP contribution in [0.25, 0.3) is 0 Å². The fourth-order valence-electron chi connectivity index (χ4n) is 0. The third kappa shape index (κ3) is 3.95. The molecule has 0 aliphatic rings. The third-order valence-corrected chi connectivity index (χ3v) is 0.321. The lowest BCUT2D eigenvalue weighted by Gasteiger charge is -1.84. The highest BCUT2D eigenvalue weighted by Gasteiger charge is 1.66. The molecule has 0 aromatic heterocycles. The minimum atomic E-state index is 0.616. The molecule has 0 heterocycles. The average Bonchev–Trinajstić information content (AvgIpc) is 1.38. The highest BCUT2D eigenvalue weighted by Crippen LogP contribution is 1.56. The molecule has 1 nitrogen and oxygen atoms in total. The lowest BCUT2D eigenvalue weighted by molar-refractivity contribution is 1.52. The van der Waals surface area contributed by atoms with Crippen LogP contribution in [0.15, 0.2) is 0 Å². The molecule has 0 aromatic carbocycles. The molecule has 5 heavy (non-hydrogen) atoms. The van der Waals surface area contributed by atoms with E-state index in [0.29, 0.717) is 4.99 Å². The summed E-state index contributed by atoms with van der Waals surface area (Å²) in [6, 6.07) is 0. The molecule has 0 atom stereocenters. The Morgan fingerprint density at radius 2 is 2.20 bits per heavy atom. The van der Waals surface area contributed by atoms with Gasteiger partial charge in [-0.05, 0) is 6.92 Å². The van der Waals surface area contributed by atoms with Gasteiger partial charge in [0.25, 0.3) is 0 Å². The van der Waals surface area contributed by atoms with Crippen molar-refractivity contribution in [1.29, 1.82) is 0 Å². The summed E-state index contributed by atoms with van der Waals surface area (Å²) in [5, 5.41) is 2.26. The number of thiocarbonyl (C=S) groups is 1. The van der Waals surface area contributed by atoms with E-state index in [1.807, 2.05) is 0 Å². The van der Waals surface area contributed by atoms with E-state index in [0.717, 1.165) is 0 Å². The Kier molecular flexibility index (Phi) is 2.19. The maximum absolute atomic E-state index is 4.78. The summed E-state index contributed by atoms with van der Waals surface area (Å²) in [6.45, 7) is 1.72. The molecular weight excluding hydrogens is 80.9 g/mol. The van der Waals surface area contributed by atoms with E-state index in [9.17, 15) is 0 Å². The summed E-state index contributed by atoms with van der Waals surface area (Å²) in [5.74, 6) is 0. The molecule has 0 rings (SSSR count). The van der Waals surface area contributed by atoms with Crippen molar-refractivity contribution in [3.8, 4) is 0 Å². The van der Waals surface area contributed by atoms with Crippen LogP contribution in [0.4, 0.5) is 0 Å². The topological polar surface area (TPSA) is 12.0 Å². The van der Waals surface area contributed by atoms with Crippen molar-refractivity contribution in [1.82, 2.24) is 5.23 Å². The van der Waals surface area contributed by atoms with E-state index in [4.69, 9.17) is 7.98 Å². The van der Waals surface area contributed by atoms with Gasteiger partial charge >= 0.3 is 0 Å². The van der Waals surface area contributed by atoms with E-state index in [2.05, 4.69) is 17.4 Å². The van der Waals surface area contributed by atoms with Crippen molar-refractivity contribution in [3.63, 3.8) is 0 Å². The zero-order valence-electron chi connectivity index (χ0n) is 2.99. The zero-order valence-corrected chi connectivity index (χ0v) is 3.80. The predicted octanol–water partition coefficient (Wildman–Crippen LogP) is 0.00680. The molecule has 0 aromatic rings. The minimum absolute atomic E-state index is 0.616. The van der Waals surface area contributed by atoms with Gasteiger partial charge in [-0.25, -0.2) is 0 Å². The number of hydrogen-bond acceptors (Lipinski definition) is 1. The van der Waals surface area contributed by atoms with Gasteiger partial charge < -0.3 is 5.23 Å². The lowest BCUT2D eigenvalue weighted by atomic mass is 10.4. The van der Waals surface area contributed by atoms with E-state index < -0.39 is 0 Å². The molecule has 0 aliphatic heterocycles. The van der Waals surface area contributed by atoms with Crippen molar-refractivity contribution >= 4 is 25.2 Å². The van der Waals surface area contributed by atoms with Crippen molar-refractivity contribution in [2.45, 2.75) is 6.92 Å². The molecule has 0 aliphatic carbocycles. The van der Waals surface area contributed by atoms with Crippen molar-refractivity contribution < 1.29 is 0 Å². The van der Waals surface area contributed by atoms with Gasteiger partial charge in [-0.3, -0.25) is 0 Å². The summed E-state index contributed by atoms with van der Waals surface area (Å²) >= 11 is 4.46. The Morgan fingerprint density at radius 3 is 2.20 bits per heavy atom. The van der Waals surface area contributed by atoms with Crippen LogP contribution in [-0.4, -0.2) is 13.0 Å². The molecule has 3 heteroatoms. The lowest BCUT2D eigenvalue weighted by Crippen LogP contribution is -2.11. The first-order chi connectivity index (χ1) is 2.27.